The molecular formula is C31H41N3O3. The number of benzene rings is 2. The van der Waals surface area contributed by atoms with Crippen LogP contribution >= 0.6 is 0 Å². The van der Waals surface area contributed by atoms with Gasteiger partial charge in [0.15, 0.2) is 11.5 Å². The van der Waals surface area contributed by atoms with Gasteiger partial charge in [-0.15, -0.1) is 0 Å². The summed E-state index contributed by atoms with van der Waals surface area (Å²) in [5.41, 5.74) is 4.12. The van der Waals surface area contributed by atoms with Crippen molar-refractivity contribution < 1.29 is 14.3 Å². The van der Waals surface area contributed by atoms with E-state index in [1.807, 2.05) is 29.2 Å². The van der Waals surface area contributed by atoms with Gasteiger partial charge in [-0.25, -0.2) is 4.98 Å². The standard InChI is InChI=1S/C31H41N3O3/c1-5-6-7-8-9-11-24(25-12-10-13-28-30(25)37-22-36-28)19-29(35)33-27-18-23(20-34-17-16-32-21-34)14-15-26(27)31(2,3)4/h10,12-18,21,24H,5-9,11,19-20,22H2,1-4H3,(H,33,35). The summed E-state index contributed by atoms with van der Waals surface area (Å²) in [5.74, 6) is 1.67. The molecule has 2 aromatic carbocycles. The molecule has 1 aliphatic rings. The van der Waals surface area contributed by atoms with Gasteiger partial charge in [0, 0.05) is 36.6 Å². The average Bonchev–Trinajstić information content (AvgIpc) is 3.54. The first kappa shape index (κ1) is 26.8. The van der Waals surface area contributed by atoms with Crippen molar-refractivity contribution in [1.29, 1.82) is 0 Å². The molecule has 1 aliphatic heterocycles. The fourth-order valence-electron chi connectivity index (χ4n) is 5.10. The molecule has 0 spiro atoms. The molecule has 0 bridgehead atoms. The Morgan fingerprint density at radius 3 is 2.70 bits per heavy atom. The second kappa shape index (κ2) is 12.3. The van der Waals surface area contributed by atoms with Gasteiger partial charge in [-0.3, -0.25) is 4.79 Å². The van der Waals surface area contributed by atoms with E-state index in [1.165, 1.54) is 25.7 Å². The number of carbonyl (C=O) groups excluding carboxylic acids is 1. The van der Waals surface area contributed by atoms with E-state index in [9.17, 15) is 4.79 Å². The molecule has 4 rings (SSSR count). The number of rotatable bonds is 12. The van der Waals surface area contributed by atoms with Gasteiger partial charge in [0.2, 0.25) is 12.7 Å². The van der Waals surface area contributed by atoms with Crippen LogP contribution in [0.4, 0.5) is 5.69 Å². The number of aromatic nitrogens is 2. The third-order valence-electron chi connectivity index (χ3n) is 7.05. The first-order valence-electron chi connectivity index (χ1n) is 13.6. The average molecular weight is 504 g/mol. The molecule has 1 atom stereocenters. The number of amides is 1. The maximum absolute atomic E-state index is 13.5. The highest BCUT2D eigenvalue weighted by Gasteiger charge is 2.26. The number of anilines is 1. The molecule has 0 aliphatic carbocycles. The smallest absolute Gasteiger partial charge is 0.231 e. The van der Waals surface area contributed by atoms with Gasteiger partial charge in [-0.05, 0) is 41.0 Å². The maximum Gasteiger partial charge on any atom is 0.231 e. The molecule has 0 saturated carbocycles. The van der Waals surface area contributed by atoms with Crippen LogP contribution < -0.4 is 14.8 Å². The maximum atomic E-state index is 13.5. The third-order valence-corrected chi connectivity index (χ3v) is 7.05. The Kier molecular flexibility index (Phi) is 8.91. The number of para-hydroxylation sites is 1. The molecule has 3 aromatic rings. The number of fused-ring (bicyclic) bond motifs is 1. The summed E-state index contributed by atoms with van der Waals surface area (Å²) in [6.07, 6.45) is 12.9. The van der Waals surface area contributed by atoms with E-state index in [0.717, 1.165) is 46.7 Å². The summed E-state index contributed by atoms with van der Waals surface area (Å²) in [6.45, 7) is 9.71. The van der Waals surface area contributed by atoms with Gasteiger partial charge in [0.25, 0.3) is 0 Å². The van der Waals surface area contributed by atoms with Gasteiger partial charge in [-0.2, -0.15) is 0 Å². The van der Waals surface area contributed by atoms with Crippen LogP contribution in [0.25, 0.3) is 0 Å². The van der Waals surface area contributed by atoms with Crippen LogP contribution in [0.2, 0.25) is 0 Å². The summed E-state index contributed by atoms with van der Waals surface area (Å²) in [6, 6.07) is 12.4. The summed E-state index contributed by atoms with van der Waals surface area (Å²) in [5, 5.41) is 3.28. The molecular weight excluding hydrogens is 462 g/mol. The van der Waals surface area contributed by atoms with E-state index in [0.29, 0.717) is 13.0 Å². The van der Waals surface area contributed by atoms with Crippen molar-refractivity contribution in [2.75, 3.05) is 12.1 Å². The molecule has 2 heterocycles. The highest BCUT2D eigenvalue weighted by molar-refractivity contribution is 5.92. The molecule has 0 fully saturated rings. The lowest BCUT2D eigenvalue weighted by molar-refractivity contribution is -0.116. The fraction of sp³-hybridized carbons (Fsp3) is 0.484. The zero-order chi connectivity index (χ0) is 26.3. The summed E-state index contributed by atoms with van der Waals surface area (Å²) < 4.78 is 13.5. The zero-order valence-corrected chi connectivity index (χ0v) is 22.8. The number of hydrogen-bond donors (Lipinski definition) is 1. The topological polar surface area (TPSA) is 65.4 Å². The largest absolute Gasteiger partial charge is 0.454 e. The number of carbonyl (C=O) groups is 1. The highest BCUT2D eigenvalue weighted by atomic mass is 16.7. The molecule has 6 nitrogen and oxygen atoms in total. The number of nitrogens with one attached hydrogen (secondary N) is 1. The lowest BCUT2D eigenvalue weighted by Gasteiger charge is -2.25. The van der Waals surface area contributed by atoms with Crippen LogP contribution in [0.1, 0.15) is 95.2 Å². The van der Waals surface area contributed by atoms with Crippen LogP contribution in [-0.2, 0) is 16.8 Å². The monoisotopic (exact) mass is 503 g/mol. The Balaban J connectivity index is 1.53. The third kappa shape index (κ3) is 7.15. The fourth-order valence-corrected chi connectivity index (χ4v) is 5.10. The number of hydrogen-bond acceptors (Lipinski definition) is 4. The number of imidazole rings is 1. The molecule has 1 N–H and O–H groups in total. The molecule has 198 valence electrons. The predicted molar refractivity (Wildman–Crippen MR) is 148 cm³/mol. The van der Waals surface area contributed by atoms with Crippen LogP contribution in [0.3, 0.4) is 0 Å². The Morgan fingerprint density at radius 2 is 1.95 bits per heavy atom. The molecule has 37 heavy (non-hydrogen) atoms. The minimum absolute atomic E-state index is 0.0281. The van der Waals surface area contributed by atoms with Crippen molar-refractivity contribution >= 4 is 11.6 Å². The van der Waals surface area contributed by atoms with Crippen molar-refractivity contribution in [2.45, 2.75) is 90.5 Å². The summed E-state index contributed by atoms with van der Waals surface area (Å²) in [4.78, 5) is 17.7. The lowest BCUT2D eigenvalue weighted by Crippen LogP contribution is -2.21. The van der Waals surface area contributed by atoms with Crippen LogP contribution in [0, 0.1) is 0 Å². The quantitative estimate of drug-likeness (QED) is 0.261. The summed E-state index contributed by atoms with van der Waals surface area (Å²) >= 11 is 0. The number of nitrogens with zero attached hydrogens (tertiary/aromatic N) is 2. The van der Waals surface area contributed by atoms with Crippen LogP contribution in [0.5, 0.6) is 11.5 Å². The van der Waals surface area contributed by atoms with Crippen LogP contribution in [-0.4, -0.2) is 22.3 Å². The molecule has 1 unspecified atom stereocenters. The van der Waals surface area contributed by atoms with E-state index < -0.39 is 0 Å². The van der Waals surface area contributed by atoms with Gasteiger partial charge in [-0.1, -0.05) is 84.1 Å². The van der Waals surface area contributed by atoms with Gasteiger partial charge < -0.3 is 19.4 Å². The highest BCUT2D eigenvalue weighted by Crippen LogP contribution is 2.42. The second-order valence-corrected chi connectivity index (χ2v) is 11.1. The first-order valence-corrected chi connectivity index (χ1v) is 13.6. The van der Waals surface area contributed by atoms with Crippen molar-refractivity contribution in [3.8, 4) is 11.5 Å². The molecule has 1 amide bonds. The Morgan fingerprint density at radius 1 is 1.11 bits per heavy atom. The molecule has 0 radical (unpaired) electrons. The minimum atomic E-state index is -0.0970. The van der Waals surface area contributed by atoms with E-state index >= 15 is 0 Å². The van der Waals surface area contributed by atoms with Crippen molar-refractivity contribution in [1.82, 2.24) is 9.55 Å². The lowest BCUT2D eigenvalue weighted by atomic mass is 9.84. The van der Waals surface area contributed by atoms with Crippen LogP contribution in [0.15, 0.2) is 55.1 Å². The Labute approximate surface area is 221 Å². The van der Waals surface area contributed by atoms with E-state index in [4.69, 9.17) is 9.47 Å². The second-order valence-electron chi connectivity index (χ2n) is 11.1. The molecule has 1 aromatic heterocycles. The number of ether oxygens (including phenoxy) is 2. The van der Waals surface area contributed by atoms with Gasteiger partial charge in [0.05, 0.1) is 6.33 Å². The number of unbranched alkanes of at least 4 members (excludes halogenated alkanes) is 4. The van der Waals surface area contributed by atoms with Gasteiger partial charge >= 0.3 is 0 Å². The van der Waals surface area contributed by atoms with Crippen molar-refractivity contribution in [3.05, 3.63) is 71.8 Å². The van der Waals surface area contributed by atoms with Crippen molar-refractivity contribution in [3.63, 3.8) is 0 Å². The van der Waals surface area contributed by atoms with E-state index in [1.54, 1.807) is 6.20 Å². The minimum Gasteiger partial charge on any atom is -0.454 e. The van der Waals surface area contributed by atoms with Gasteiger partial charge in [0.1, 0.15) is 0 Å². The van der Waals surface area contributed by atoms with Crippen molar-refractivity contribution in [2.24, 2.45) is 0 Å². The zero-order valence-electron chi connectivity index (χ0n) is 22.8. The normalized spacial score (nSPS) is 13.5. The predicted octanol–water partition coefficient (Wildman–Crippen LogP) is 7.43. The molecule has 0 saturated heterocycles. The Hall–Kier alpha value is -3.28. The SMILES string of the molecule is CCCCCCCC(CC(=O)Nc1cc(Cn2ccnc2)ccc1C(C)(C)C)c1cccc2c1OCO2. The first-order chi connectivity index (χ1) is 17.8. The summed E-state index contributed by atoms with van der Waals surface area (Å²) in [7, 11) is 0. The Bertz CT molecular complexity index is 1160. The molecule has 6 heteroatoms. The van der Waals surface area contributed by atoms with E-state index in [-0.39, 0.29) is 24.0 Å². The van der Waals surface area contributed by atoms with E-state index in [2.05, 4.69) is 62.3 Å².